The Labute approximate surface area is 188 Å². The Kier molecular flexibility index (Phi) is 6.29. The first kappa shape index (κ1) is 22.3. The molecule has 1 aliphatic heterocycles. The second kappa shape index (κ2) is 9.31. The molecule has 2 aromatic heterocycles. The molecule has 4 rings (SSSR count). The number of nitrogens with one attached hydrogen (secondary N) is 1. The highest BCUT2D eigenvalue weighted by Crippen LogP contribution is 2.27. The standard InChI is InChI=1S/C22H22F2N6O3/c1-12(2)17-11-32-22(31)30(17)19-6-7-25-21(29-19)28-13(3)20-26-9-15(10-27-20)33-18-5-4-14(23)8-16(18)24/h4-10,12-13,17H,11H2,1-3H3,(H,25,28,29)/t13-,17?/m1/s1. The summed E-state index contributed by atoms with van der Waals surface area (Å²) in [6.07, 6.45) is 3.88. The number of hydrogen-bond donors (Lipinski definition) is 1. The number of aromatic nitrogens is 4. The van der Waals surface area contributed by atoms with Gasteiger partial charge in [-0.1, -0.05) is 13.8 Å². The molecule has 2 atom stereocenters. The minimum atomic E-state index is -0.826. The second-order valence-corrected chi connectivity index (χ2v) is 7.82. The van der Waals surface area contributed by atoms with Gasteiger partial charge < -0.3 is 14.8 Å². The van der Waals surface area contributed by atoms with Gasteiger partial charge in [-0.05, 0) is 31.0 Å². The average Bonchev–Trinajstić information content (AvgIpc) is 3.18. The van der Waals surface area contributed by atoms with Gasteiger partial charge in [-0.3, -0.25) is 4.90 Å². The summed E-state index contributed by atoms with van der Waals surface area (Å²) in [5, 5.41) is 3.10. The van der Waals surface area contributed by atoms with Crippen LogP contribution in [0.1, 0.15) is 32.6 Å². The zero-order valence-corrected chi connectivity index (χ0v) is 18.2. The third-order valence-corrected chi connectivity index (χ3v) is 5.07. The summed E-state index contributed by atoms with van der Waals surface area (Å²) >= 11 is 0. The number of ether oxygens (including phenoxy) is 2. The van der Waals surface area contributed by atoms with Gasteiger partial charge in [-0.25, -0.2) is 28.5 Å². The Balaban J connectivity index is 1.44. The van der Waals surface area contributed by atoms with Crippen molar-refractivity contribution in [3.8, 4) is 11.5 Å². The van der Waals surface area contributed by atoms with Crippen molar-refractivity contribution in [3.05, 3.63) is 60.3 Å². The van der Waals surface area contributed by atoms with Gasteiger partial charge in [0.2, 0.25) is 5.95 Å². The molecule has 1 aromatic carbocycles. The van der Waals surface area contributed by atoms with Crippen LogP contribution < -0.4 is 15.0 Å². The third kappa shape index (κ3) is 4.97. The van der Waals surface area contributed by atoms with E-state index in [1.165, 1.54) is 23.4 Å². The van der Waals surface area contributed by atoms with Crippen molar-refractivity contribution < 1.29 is 23.0 Å². The lowest BCUT2D eigenvalue weighted by Crippen LogP contribution is -2.37. The molecule has 1 saturated heterocycles. The van der Waals surface area contributed by atoms with E-state index >= 15 is 0 Å². The fourth-order valence-electron chi connectivity index (χ4n) is 3.29. The van der Waals surface area contributed by atoms with E-state index in [0.717, 1.165) is 12.1 Å². The van der Waals surface area contributed by atoms with Gasteiger partial charge in [0.1, 0.15) is 18.2 Å². The van der Waals surface area contributed by atoms with Gasteiger partial charge in [0.15, 0.2) is 23.1 Å². The van der Waals surface area contributed by atoms with E-state index in [9.17, 15) is 13.6 Å². The molecule has 33 heavy (non-hydrogen) atoms. The Morgan fingerprint density at radius 3 is 2.61 bits per heavy atom. The third-order valence-electron chi connectivity index (χ3n) is 5.07. The summed E-state index contributed by atoms with van der Waals surface area (Å²) in [7, 11) is 0. The Morgan fingerprint density at radius 1 is 1.15 bits per heavy atom. The Morgan fingerprint density at radius 2 is 1.91 bits per heavy atom. The molecule has 0 saturated carbocycles. The van der Waals surface area contributed by atoms with Gasteiger partial charge in [0.25, 0.3) is 0 Å². The highest BCUT2D eigenvalue weighted by molar-refractivity contribution is 5.89. The van der Waals surface area contributed by atoms with Crippen molar-refractivity contribution in [1.82, 2.24) is 19.9 Å². The number of amides is 1. The van der Waals surface area contributed by atoms with Crippen LogP contribution in [-0.4, -0.2) is 38.7 Å². The van der Waals surface area contributed by atoms with Crippen LogP contribution in [0.4, 0.5) is 25.3 Å². The van der Waals surface area contributed by atoms with Gasteiger partial charge >= 0.3 is 6.09 Å². The Hall–Kier alpha value is -3.89. The number of anilines is 2. The zero-order chi connectivity index (χ0) is 23.5. The van der Waals surface area contributed by atoms with E-state index in [0.29, 0.717) is 24.2 Å². The summed E-state index contributed by atoms with van der Waals surface area (Å²) in [5.41, 5.74) is 0. The quantitative estimate of drug-likeness (QED) is 0.555. The van der Waals surface area contributed by atoms with E-state index in [-0.39, 0.29) is 29.5 Å². The molecule has 0 aliphatic carbocycles. The van der Waals surface area contributed by atoms with Crippen molar-refractivity contribution in [2.75, 3.05) is 16.8 Å². The predicted octanol–water partition coefficient (Wildman–Crippen LogP) is 4.49. The maximum absolute atomic E-state index is 13.8. The lowest BCUT2D eigenvalue weighted by molar-refractivity contribution is 0.177. The number of halogens is 2. The highest BCUT2D eigenvalue weighted by atomic mass is 19.1. The van der Waals surface area contributed by atoms with E-state index in [1.807, 2.05) is 20.8 Å². The second-order valence-electron chi connectivity index (χ2n) is 7.82. The molecule has 0 spiro atoms. The largest absolute Gasteiger partial charge is 0.451 e. The van der Waals surface area contributed by atoms with E-state index in [4.69, 9.17) is 9.47 Å². The summed E-state index contributed by atoms with van der Waals surface area (Å²) in [6.45, 7) is 6.14. The Bertz CT molecular complexity index is 1150. The lowest BCUT2D eigenvalue weighted by atomic mass is 10.0. The molecule has 172 valence electrons. The number of hydrogen-bond acceptors (Lipinski definition) is 8. The van der Waals surface area contributed by atoms with Crippen LogP contribution in [0.15, 0.2) is 42.9 Å². The monoisotopic (exact) mass is 456 g/mol. The molecular weight excluding hydrogens is 434 g/mol. The van der Waals surface area contributed by atoms with E-state index in [2.05, 4.69) is 25.3 Å². The summed E-state index contributed by atoms with van der Waals surface area (Å²) < 4.78 is 37.3. The smallest absolute Gasteiger partial charge is 0.415 e. The van der Waals surface area contributed by atoms with Gasteiger partial charge in [-0.2, -0.15) is 4.98 Å². The van der Waals surface area contributed by atoms with Crippen LogP contribution in [-0.2, 0) is 4.74 Å². The first-order valence-corrected chi connectivity index (χ1v) is 10.3. The molecule has 3 heterocycles. The molecule has 0 radical (unpaired) electrons. The fraction of sp³-hybridized carbons (Fsp3) is 0.318. The van der Waals surface area contributed by atoms with Crippen molar-refractivity contribution in [1.29, 1.82) is 0 Å². The summed E-state index contributed by atoms with van der Waals surface area (Å²) in [4.78, 5) is 30.8. The molecule has 0 bridgehead atoms. The number of carbonyl (C=O) groups is 1. The fourth-order valence-corrected chi connectivity index (χ4v) is 3.29. The van der Waals surface area contributed by atoms with E-state index in [1.54, 1.807) is 12.3 Å². The topological polar surface area (TPSA) is 102 Å². The SMILES string of the molecule is CC(C)C1COC(=O)N1c1ccnc(N[C@H](C)c2ncc(Oc3ccc(F)cc3F)cn2)n1. The number of cyclic esters (lactones) is 1. The van der Waals surface area contributed by atoms with Crippen molar-refractivity contribution >= 4 is 17.9 Å². The van der Waals surface area contributed by atoms with Gasteiger partial charge in [0, 0.05) is 12.3 Å². The van der Waals surface area contributed by atoms with Crippen molar-refractivity contribution in [3.63, 3.8) is 0 Å². The summed E-state index contributed by atoms with van der Waals surface area (Å²) in [5.74, 6) is -0.125. The first-order chi connectivity index (χ1) is 15.8. The molecule has 1 N–H and O–H groups in total. The normalized spacial score (nSPS) is 16.6. The molecule has 9 nitrogen and oxygen atoms in total. The maximum atomic E-state index is 13.8. The van der Waals surface area contributed by atoms with Crippen molar-refractivity contribution in [2.45, 2.75) is 32.9 Å². The van der Waals surface area contributed by atoms with Crippen LogP contribution in [0.25, 0.3) is 0 Å². The number of benzene rings is 1. The molecule has 11 heteroatoms. The molecular formula is C22H22F2N6O3. The van der Waals surface area contributed by atoms with E-state index < -0.39 is 17.7 Å². The molecule has 1 amide bonds. The molecule has 1 fully saturated rings. The number of rotatable bonds is 7. The number of nitrogens with zero attached hydrogens (tertiary/aromatic N) is 5. The average molecular weight is 456 g/mol. The van der Waals surface area contributed by atoms with Crippen LogP contribution in [0.5, 0.6) is 11.5 Å². The summed E-state index contributed by atoms with van der Waals surface area (Å²) in [6, 6.07) is 4.17. The molecule has 1 aliphatic rings. The highest BCUT2D eigenvalue weighted by Gasteiger charge is 2.37. The minimum absolute atomic E-state index is 0.112. The molecule has 3 aromatic rings. The van der Waals surface area contributed by atoms with Crippen LogP contribution in [0.3, 0.4) is 0 Å². The van der Waals surface area contributed by atoms with Crippen LogP contribution in [0, 0.1) is 17.6 Å². The minimum Gasteiger partial charge on any atom is -0.451 e. The number of carbonyl (C=O) groups excluding carboxylic acids is 1. The van der Waals surface area contributed by atoms with Crippen LogP contribution >= 0.6 is 0 Å². The lowest BCUT2D eigenvalue weighted by Gasteiger charge is -2.23. The molecule has 1 unspecified atom stereocenters. The van der Waals surface area contributed by atoms with Crippen LogP contribution in [0.2, 0.25) is 0 Å². The van der Waals surface area contributed by atoms with Gasteiger partial charge in [-0.15, -0.1) is 0 Å². The van der Waals surface area contributed by atoms with Crippen molar-refractivity contribution in [2.24, 2.45) is 5.92 Å². The predicted molar refractivity (Wildman–Crippen MR) is 115 cm³/mol. The first-order valence-electron chi connectivity index (χ1n) is 10.3. The maximum Gasteiger partial charge on any atom is 0.415 e. The van der Waals surface area contributed by atoms with Gasteiger partial charge in [0.05, 0.1) is 24.5 Å². The zero-order valence-electron chi connectivity index (χ0n) is 18.2.